The maximum absolute atomic E-state index is 10.2. The smallest absolute Gasteiger partial charge is 0.264 e. The predicted octanol–water partition coefficient (Wildman–Crippen LogP) is -0.267. The van der Waals surface area contributed by atoms with Gasteiger partial charge >= 0.3 is 0 Å². The van der Waals surface area contributed by atoms with Crippen molar-refractivity contribution >= 4 is 22.5 Å². The Balaban J connectivity index is 0. The highest BCUT2D eigenvalue weighted by atomic mass is 35.5. The lowest BCUT2D eigenvalue weighted by molar-refractivity contribution is 0.318. The third kappa shape index (κ3) is 11.0. The van der Waals surface area contributed by atoms with Crippen molar-refractivity contribution in [2.24, 2.45) is 5.73 Å². The molecule has 0 unspecified atom stereocenters. The minimum Gasteiger partial charge on any atom is -0.330 e. The summed E-state index contributed by atoms with van der Waals surface area (Å²) in [5, 5.41) is 0. The normalized spacial score (nSPS) is 10.6. The van der Waals surface area contributed by atoms with E-state index in [0.29, 0.717) is 13.0 Å². The summed E-state index contributed by atoms with van der Waals surface area (Å²) in [6.45, 7) is 0.644. The first-order chi connectivity index (χ1) is 4.06. The largest absolute Gasteiger partial charge is 0.330 e. The van der Waals surface area contributed by atoms with Gasteiger partial charge in [0.15, 0.2) is 0 Å². The van der Waals surface area contributed by atoms with Gasteiger partial charge in [-0.1, -0.05) is 0 Å². The van der Waals surface area contributed by atoms with E-state index in [4.69, 9.17) is 5.73 Å². The van der Waals surface area contributed by atoms with Crippen LogP contribution in [-0.4, -0.2) is 27.8 Å². The van der Waals surface area contributed by atoms with Gasteiger partial charge in [0, 0.05) is 0 Å². The molecular weight excluding hydrogens is 178 g/mol. The van der Waals surface area contributed by atoms with E-state index in [0.717, 1.165) is 6.26 Å². The van der Waals surface area contributed by atoms with E-state index in [2.05, 4.69) is 4.18 Å². The molecule has 0 aromatic rings. The van der Waals surface area contributed by atoms with Crippen molar-refractivity contribution in [2.45, 2.75) is 6.42 Å². The SMILES string of the molecule is CS(=O)(=O)OCCCN.Cl. The van der Waals surface area contributed by atoms with Crippen LogP contribution in [0.25, 0.3) is 0 Å². The van der Waals surface area contributed by atoms with Crippen LogP contribution in [0.1, 0.15) is 6.42 Å². The molecule has 64 valence electrons. The number of nitrogens with two attached hydrogens (primary N) is 1. The molecule has 4 nitrogen and oxygen atoms in total. The molecule has 0 saturated carbocycles. The van der Waals surface area contributed by atoms with Gasteiger partial charge in [-0.05, 0) is 13.0 Å². The Labute approximate surface area is 67.3 Å². The monoisotopic (exact) mass is 189 g/mol. The second-order valence-corrected chi connectivity index (χ2v) is 3.31. The molecule has 0 aliphatic carbocycles. The molecular formula is C4H12ClNO3S. The maximum Gasteiger partial charge on any atom is 0.264 e. The summed E-state index contributed by atoms with van der Waals surface area (Å²) >= 11 is 0. The molecule has 6 heteroatoms. The van der Waals surface area contributed by atoms with Crippen LogP contribution < -0.4 is 5.73 Å². The minimum absolute atomic E-state index is 0. The van der Waals surface area contributed by atoms with Gasteiger partial charge < -0.3 is 5.73 Å². The van der Waals surface area contributed by atoms with Crippen molar-refractivity contribution in [3.8, 4) is 0 Å². The number of halogens is 1. The van der Waals surface area contributed by atoms with E-state index in [1.165, 1.54) is 0 Å². The molecule has 10 heavy (non-hydrogen) atoms. The van der Waals surface area contributed by atoms with Gasteiger partial charge in [0.1, 0.15) is 0 Å². The lowest BCUT2D eigenvalue weighted by Gasteiger charge is -1.96. The van der Waals surface area contributed by atoms with Gasteiger partial charge in [0.05, 0.1) is 12.9 Å². The van der Waals surface area contributed by atoms with Crippen molar-refractivity contribution in [1.29, 1.82) is 0 Å². The van der Waals surface area contributed by atoms with Gasteiger partial charge in [0.2, 0.25) is 0 Å². The summed E-state index contributed by atoms with van der Waals surface area (Å²) in [7, 11) is -3.25. The van der Waals surface area contributed by atoms with Crippen LogP contribution in [0.2, 0.25) is 0 Å². The Morgan fingerprint density at radius 2 is 2.00 bits per heavy atom. The van der Waals surface area contributed by atoms with Gasteiger partial charge in [0.25, 0.3) is 10.1 Å². The van der Waals surface area contributed by atoms with Crippen molar-refractivity contribution in [2.75, 3.05) is 19.4 Å². The molecule has 0 spiro atoms. The molecule has 0 atom stereocenters. The van der Waals surface area contributed by atoms with Gasteiger partial charge in [-0.25, -0.2) is 0 Å². The highest BCUT2D eigenvalue weighted by Gasteiger charge is 1.98. The molecule has 0 rings (SSSR count). The van der Waals surface area contributed by atoms with Crippen molar-refractivity contribution in [3.63, 3.8) is 0 Å². The van der Waals surface area contributed by atoms with E-state index in [-0.39, 0.29) is 19.0 Å². The second kappa shape index (κ2) is 5.91. The van der Waals surface area contributed by atoms with Crippen molar-refractivity contribution in [3.05, 3.63) is 0 Å². The standard InChI is InChI=1S/C4H11NO3S.ClH/c1-9(6,7)8-4-2-3-5;/h2-5H2,1H3;1H. The Bertz CT molecular complexity index is 156. The lowest BCUT2D eigenvalue weighted by Crippen LogP contribution is -2.08. The van der Waals surface area contributed by atoms with Crippen LogP contribution in [0.5, 0.6) is 0 Å². The van der Waals surface area contributed by atoms with E-state index in [9.17, 15) is 8.42 Å². The van der Waals surface area contributed by atoms with Crippen LogP contribution >= 0.6 is 12.4 Å². The zero-order valence-corrected chi connectivity index (χ0v) is 7.37. The highest BCUT2D eigenvalue weighted by Crippen LogP contribution is 1.86. The molecule has 0 aromatic heterocycles. The minimum atomic E-state index is -3.25. The third-order valence-corrected chi connectivity index (χ3v) is 1.24. The summed E-state index contributed by atoms with van der Waals surface area (Å²) in [5.41, 5.74) is 5.08. The number of hydrogen-bond acceptors (Lipinski definition) is 4. The fourth-order valence-corrected chi connectivity index (χ4v) is 0.714. The molecule has 0 fully saturated rings. The summed E-state index contributed by atoms with van der Waals surface area (Å²) in [4.78, 5) is 0. The zero-order valence-electron chi connectivity index (χ0n) is 5.74. The van der Waals surface area contributed by atoms with Crippen molar-refractivity contribution in [1.82, 2.24) is 0 Å². The van der Waals surface area contributed by atoms with Gasteiger partial charge in [-0.3, -0.25) is 4.18 Å². The van der Waals surface area contributed by atoms with E-state index >= 15 is 0 Å². The Kier molecular flexibility index (Phi) is 7.56. The fourth-order valence-electron chi connectivity index (χ4n) is 0.294. The maximum atomic E-state index is 10.2. The molecule has 0 saturated heterocycles. The van der Waals surface area contributed by atoms with Crippen LogP contribution in [0.3, 0.4) is 0 Å². The molecule has 0 heterocycles. The van der Waals surface area contributed by atoms with Crippen LogP contribution in [0.15, 0.2) is 0 Å². The quantitative estimate of drug-likeness (QED) is 0.489. The molecule has 0 amide bonds. The lowest BCUT2D eigenvalue weighted by atomic mass is 10.5. The summed E-state index contributed by atoms with van der Waals surface area (Å²) < 4.78 is 24.8. The highest BCUT2D eigenvalue weighted by molar-refractivity contribution is 7.85. The van der Waals surface area contributed by atoms with Gasteiger partial charge in [-0.15, -0.1) is 12.4 Å². The molecule has 0 aliphatic rings. The molecule has 0 radical (unpaired) electrons. The first-order valence-electron chi connectivity index (χ1n) is 2.61. The second-order valence-electron chi connectivity index (χ2n) is 1.67. The Hall–Kier alpha value is 0.160. The van der Waals surface area contributed by atoms with Gasteiger partial charge in [-0.2, -0.15) is 8.42 Å². The van der Waals surface area contributed by atoms with Crippen LogP contribution in [0.4, 0.5) is 0 Å². The fraction of sp³-hybridized carbons (Fsp3) is 1.00. The van der Waals surface area contributed by atoms with E-state index in [1.807, 2.05) is 0 Å². The molecule has 0 aliphatic heterocycles. The average Bonchev–Trinajstić information content (AvgIpc) is 1.63. The summed E-state index contributed by atoms with van der Waals surface area (Å²) in [6.07, 6.45) is 1.59. The first kappa shape index (κ1) is 12.8. The van der Waals surface area contributed by atoms with E-state index < -0.39 is 10.1 Å². The molecule has 2 N–H and O–H groups in total. The van der Waals surface area contributed by atoms with Crippen LogP contribution in [0, 0.1) is 0 Å². The number of rotatable bonds is 4. The Morgan fingerprint density at radius 1 is 1.50 bits per heavy atom. The summed E-state index contributed by atoms with van der Waals surface area (Å²) in [6, 6.07) is 0. The molecule has 0 aromatic carbocycles. The summed E-state index contributed by atoms with van der Waals surface area (Å²) in [5.74, 6) is 0. The van der Waals surface area contributed by atoms with Crippen LogP contribution in [-0.2, 0) is 14.3 Å². The molecule has 0 bridgehead atoms. The third-order valence-electron chi connectivity index (χ3n) is 0.646. The van der Waals surface area contributed by atoms with Crippen molar-refractivity contribution < 1.29 is 12.6 Å². The van der Waals surface area contributed by atoms with E-state index in [1.54, 1.807) is 0 Å². The zero-order chi connectivity index (χ0) is 7.33. The first-order valence-corrected chi connectivity index (χ1v) is 4.42. The number of hydrogen-bond donors (Lipinski definition) is 1. The average molecular weight is 190 g/mol. The Morgan fingerprint density at radius 3 is 2.30 bits per heavy atom. The topological polar surface area (TPSA) is 69.4 Å². The predicted molar refractivity (Wildman–Crippen MR) is 41.7 cm³/mol.